The Kier molecular flexibility index (Phi) is 4.56. The molecule has 0 amide bonds. The van der Waals surface area contributed by atoms with Gasteiger partial charge in [-0.2, -0.15) is 5.26 Å². The first-order chi connectivity index (χ1) is 9.62. The molecule has 0 aliphatic carbocycles. The lowest BCUT2D eigenvalue weighted by molar-refractivity contribution is 0.560. The summed E-state index contributed by atoms with van der Waals surface area (Å²) in [6, 6.07) is 9.72. The lowest BCUT2D eigenvalue weighted by Crippen LogP contribution is -2.22. The molecule has 1 aromatic heterocycles. The smallest absolute Gasteiger partial charge is 0.179 e. The minimum atomic E-state index is -3.32. The van der Waals surface area contributed by atoms with Crippen LogP contribution >= 0.6 is 0 Å². The highest BCUT2D eigenvalue weighted by Crippen LogP contribution is 2.11. The molecule has 1 heterocycles. The fourth-order valence-electron chi connectivity index (χ4n) is 1.69. The molecular weight excluding hydrogens is 276 g/mol. The van der Waals surface area contributed by atoms with E-state index in [1.807, 2.05) is 12.1 Å². The third-order valence-electron chi connectivity index (χ3n) is 2.80. The van der Waals surface area contributed by atoms with E-state index in [9.17, 15) is 8.42 Å². The van der Waals surface area contributed by atoms with Gasteiger partial charge in [-0.05, 0) is 30.3 Å². The van der Waals surface area contributed by atoms with Crippen molar-refractivity contribution in [1.29, 1.82) is 5.26 Å². The average Bonchev–Trinajstić information content (AvgIpc) is 2.97. The molecule has 0 aliphatic heterocycles. The quantitative estimate of drug-likeness (QED) is 0.819. The van der Waals surface area contributed by atoms with Crippen molar-refractivity contribution in [3.63, 3.8) is 0 Å². The van der Waals surface area contributed by atoms with Crippen LogP contribution in [-0.2, 0) is 16.4 Å². The van der Waals surface area contributed by atoms with Gasteiger partial charge in [-0.1, -0.05) is 0 Å². The first-order valence-corrected chi connectivity index (χ1v) is 7.72. The molecule has 0 aliphatic rings. The minimum Gasteiger partial charge on any atom is -0.472 e. The Balaban J connectivity index is 1.88. The van der Waals surface area contributed by atoms with E-state index in [0.29, 0.717) is 18.7 Å². The number of hydrogen-bond acceptors (Lipinski definition) is 5. The van der Waals surface area contributed by atoms with Crippen molar-refractivity contribution in [3.05, 3.63) is 54.0 Å². The van der Waals surface area contributed by atoms with Gasteiger partial charge in [-0.15, -0.1) is 0 Å². The van der Waals surface area contributed by atoms with Crippen LogP contribution in [0.2, 0.25) is 0 Å². The van der Waals surface area contributed by atoms with Crippen LogP contribution in [0.25, 0.3) is 0 Å². The zero-order valence-corrected chi connectivity index (χ0v) is 11.6. The molecule has 0 spiro atoms. The Hall–Kier alpha value is -2.10. The summed E-state index contributed by atoms with van der Waals surface area (Å²) in [6.45, 7) is 0.924. The van der Waals surface area contributed by atoms with Gasteiger partial charge in [0.2, 0.25) is 0 Å². The van der Waals surface area contributed by atoms with Gasteiger partial charge in [0.25, 0.3) is 0 Å². The second-order valence-corrected chi connectivity index (χ2v) is 6.37. The third kappa shape index (κ3) is 3.70. The summed E-state index contributed by atoms with van der Waals surface area (Å²) in [4.78, 5) is 0.238. The summed E-state index contributed by atoms with van der Waals surface area (Å²) >= 11 is 0. The van der Waals surface area contributed by atoms with E-state index in [-0.39, 0.29) is 10.6 Å². The highest BCUT2D eigenvalue weighted by Gasteiger charge is 2.13. The number of rotatable bonds is 6. The van der Waals surface area contributed by atoms with Crippen molar-refractivity contribution in [3.8, 4) is 6.07 Å². The van der Waals surface area contributed by atoms with E-state index < -0.39 is 9.84 Å². The Labute approximate surface area is 117 Å². The van der Waals surface area contributed by atoms with Crippen LogP contribution in [-0.4, -0.2) is 20.7 Å². The van der Waals surface area contributed by atoms with Gasteiger partial charge in [0, 0.05) is 18.7 Å². The lowest BCUT2D eigenvalue weighted by Gasteiger charge is -2.05. The standard InChI is InChI=1S/C14H14N2O3S/c15-9-12-1-3-14(4-2-12)20(17,18)8-6-16-10-13-5-7-19-11-13/h1-5,7,11,16H,6,8,10H2. The highest BCUT2D eigenvalue weighted by molar-refractivity contribution is 7.91. The summed E-state index contributed by atoms with van der Waals surface area (Å²) in [7, 11) is -3.32. The summed E-state index contributed by atoms with van der Waals surface area (Å²) in [5.41, 5.74) is 1.42. The van der Waals surface area contributed by atoms with Gasteiger partial charge < -0.3 is 9.73 Å². The molecule has 1 N–H and O–H groups in total. The van der Waals surface area contributed by atoms with Crippen molar-refractivity contribution in [2.45, 2.75) is 11.4 Å². The summed E-state index contributed by atoms with van der Waals surface area (Å²) in [6.07, 6.45) is 3.19. The van der Waals surface area contributed by atoms with Gasteiger partial charge >= 0.3 is 0 Å². The molecule has 0 saturated carbocycles. The highest BCUT2D eigenvalue weighted by atomic mass is 32.2. The summed E-state index contributed by atoms with van der Waals surface area (Å²) in [5.74, 6) is 0.0107. The van der Waals surface area contributed by atoms with Crippen LogP contribution in [0.4, 0.5) is 0 Å². The third-order valence-corrected chi connectivity index (χ3v) is 4.53. The van der Waals surface area contributed by atoms with Gasteiger partial charge in [0.05, 0.1) is 34.8 Å². The summed E-state index contributed by atoms with van der Waals surface area (Å²) < 4.78 is 29.0. The number of benzene rings is 1. The Morgan fingerprint density at radius 1 is 1.20 bits per heavy atom. The molecule has 0 unspecified atom stereocenters. The van der Waals surface area contributed by atoms with Crippen molar-refractivity contribution >= 4 is 9.84 Å². The van der Waals surface area contributed by atoms with Crippen LogP contribution in [0.1, 0.15) is 11.1 Å². The molecule has 104 valence electrons. The maximum atomic E-state index is 12.1. The second-order valence-electron chi connectivity index (χ2n) is 4.26. The van der Waals surface area contributed by atoms with E-state index in [0.717, 1.165) is 5.56 Å². The number of nitrogens with zero attached hydrogens (tertiary/aromatic N) is 1. The maximum Gasteiger partial charge on any atom is 0.179 e. The van der Waals surface area contributed by atoms with Crippen LogP contribution in [0.15, 0.2) is 52.2 Å². The topological polar surface area (TPSA) is 83.1 Å². The Morgan fingerprint density at radius 2 is 1.95 bits per heavy atom. The van der Waals surface area contributed by atoms with E-state index >= 15 is 0 Å². The molecule has 2 aromatic rings. The molecule has 0 atom stereocenters. The predicted molar refractivity (Wildman–Crippen MR) is 73.6 cm³/mol. The van der Waals surface area contributed by atoms with Crippen molar-refractivity contribution < 1.29 is 12.8 Å². The Bertz CT molecular complexity index is 683. The van der Waals surface area contributed by atoms with Gasteiger partial charge in [-0.3, -0.25) is 0 Å². The fourth-order valence-corrected chi connectivity index (χ4v) is 2.89. The van der Waals surface area contributed by atoms with Crippen LogP contribution in [0.5, 0.6) is 0 Å². The number of hydrogen-bond donors (Lipinski definition) is 1. The molecule has 6 heteroatoms. The summed E-state index contributed by atoms with van der Waals surface area (Å²) in [5, 5.41) is 11.7. The monoisotopic (exact) mass is 290 g/mol. The first-order valence-electron chi connectivity index (χ1n) is 6.06. The number of nitriles is 1. The minimum absolute atomic E-state index is 0.0107. The molecule has 20 heavy (non-hydrogen) atoms. The van der Waals surface area contributed by atoms with Gasteiger partial charge in [0.1, 0.15) is 0 Å². The molecule has 0 saturated heterocycles. The van der Waals surface area contributed by atoms with Crippen molar-refractivity contribution in [1.82, 2.24) is 5.32 Å². The average molecular weight is 290 g/mol. The molecule has 5 nitrogen and oxygen atoms in total. The van der Waals surface area contributed by atoms with Crippen LogP contribution in [0, 0.1) is 11.3 Å². The second kappa shape index (κ2) is 6.37. The molecule has 0 fully saturated rings. The molecule has 0 radical (unpaired) electrons. The van der Waals surface area contributed by atoms with Crippen molar-refractivity contribution in [2.24, 2.45) is 0 Å². The Morgan fingerprint density at radius 3 is 2.55 bits per heavy atom. The number of nitrogens with one attached hydrogen (secondary N) is 1. The van der Waals surface area contributed by atoms with E-state index in [1.165, 1.54) is 24.3 Å². The number of furan rings is 1. The SMILES string of the molecule is N#Cc1ccc(S(=O)(=O)CCNCc2ccoc2)cc1. The zero-order valence-electron chi connectivity index (χ0n) is 10.7. The fraction of sp³-hybridized carbons (Fsp3) is 0.214. The normalized spacial score (nSPS) is 11.2. The zero-order chi connectivity index (χ0) is 14.4. The van der Waals surface area contributed by atoms with E-state index in [4.69, 9.17) is 9.68 Å². The van der Waals surface area contributed by atoms with Gasteiger partial charge in [-0.25, -0.2) is 8.42 Å². The number of sulfone groups is 1. The predicted octanol–water partition coefficient (Wildman–Crippen LogP) is 1.71. The molecular formula is C14H14N2O3S. The van der Waals surface area contributed by atoms with E-state index in [1.54, 1.807) is 12.5 Å². The van der Waals surface area contributed by atoms with E-state index in [2.05, 4.69) is 5.32 Å². The van der Waals surface area contributed by atoms with Crippen LogP contribution in [0.3, 0.4) is 0 Å². The largest absolute Gasteiger partial charge is 0.472 e. The van der Waals surface area contributed by atoms with Crippen LogP contribution < -0.4 is 5.32 Å². The maximum absolute atomic E-state index is 12.1. The molecule has 0 bridgehead atoms. The first kappa shape index (κ1) is 14.3. The molecule has 1 aromatic carbocycles. The van der Waals surface area contributed by atoms with Gasteiger partial charge in [0.15, 0.2) is 9.84 Å². The molecule has 2 rings (SSSR count). The van der Waals surface area contributed by atoms with Crippen molar-refractivity contribution in [2.75, 3.05) is 12.3 Å². The lowest BCUT2D eigenvalue weighted by atomic mass is 10.2.